The van der Waals surface area contributed by atoms with E-state index in [2.05, 4.69) is 163 Å². The fourth-order valence-corrected chi connectivity index (χ4v) is 7.58. The number of rotatable bonds is 6. The molecular formula is C49H32N2O. The van der Waals surface area contributed by atoms with E-state index < -0.39 is 0 Å². The Morgan fingerprint density at radius 2 is 1.00 bits per heavy atom. The molecule has 0 aliphatic carbocycles. The summed E-state index contributed by atoms with van der Waals surface area (Å²) in [7, 11) is 0. The Hall–Kier alpha value is -6.97. The summed E-state index contributed by atoms with van der Waals surface area (Å²) in [5, 5.41) is 7.15. The molecule has 10 aromatic rings. The third-order valence-corrected chi connectivity index (χ3v) is 10.1. The van der Waals surface area contributed by atoms with E-state index in [9.17, 15) is 0 Å². The summed E-state index contributed by atoms with van der Waals surface area (Å²) in [4.78, 5) is 7.23. The van der Waals surface area contributed by atoms with E-state index in [-0.39, 0.29) is 0 Å². The van der Waals surface area contributed by atoms with Gasteiger partial charge in [0.25, 0.3) is 0 Å². The van der Waals surface area contributed by atoms with Crippen LogP contribution in [0.25, 0.3) is 77.1 Å². The van der Waals surface area contributed by atoms with Crippen LogP contribution in [0.4, 0.5) is 17.1 Å². The molecule has 3 heteroatoms. The number of para-hydroxylation sites is 1. The maximum atomic E-state index is 6.51. The van der Waals surface area contributed by atoms with Crippen molar-refractivity contribution >= 4 is 60.5 Å². The van der Waals surface area contributed by atoms with Crippen molar-refractivity contribution in [1.82, 2.24) is 4.98 Å². The van der Waals surface area contributed by atoms with Crippen molar-refractivity contribution < 1.29 is 4.42 Å². The van der Waals surface area contributed by atoms with Crippen molar-refractivity contribution in [2.45, 2.75) is 0 Å². The van der Waals surface area contributed by atoms with Crippen LogP contribution >= 0.6 is 0 Å². The summed E-state index contributed by atoms with van der Waals surface area (Å²) in [6, 6.07) is 68.8. The van der Waals surface area contributed by atoms with Crippen LogP contribution in [0, 0.1) is 0 Å². The zero-order valence-electron chi connectivity index (χ0n) is 28.3. The monoisotopic (exact) mass is 664 g/mol. The molecule has 0 N–H and O–H groups in total. The summed E-state index contributed by atoms with van der Waals surface area (Å²) in [6.07, 6.45) is 0. The first kappa shape index (κ1) is 29.9. The second-order valence-corrected chi connectivity index (χ2v) is 13.2. The minimum atomic E-state index is 0.622. The molecule has 0 aliphatic heterocycles. The highest BCUT2D eigenvalue weighted by atomic mass is 16.3. The number of nitrogens with zero attached hydrogens (tertiary/aromatic N) is 2. The molecule has 0 amide bonds. The number of benzene rings is 9. The first-order valence-corrected chi connectivity index (χ1v) is 17.6. The fraction of sp³-hybridized carbons (Fsp3) is 0. The van der Waals surface area contributed by atoms with Gasteiger partial charge in [-0.3, -0.25) is 0 Å². The zero-order valence-corrected chi connectivity index (χ0v) is 28.3. The van der Waals surface area contributed by atoms with E-state index in [4.69, 9.17) is 9.40 Å². The van der Waals surface area contributed by atoms with Crippen LogP contribution in [-0.4, -0.2) is 4.98 Å². The van der Waals surface area contributed by atoms with Crippen LogP contribution in [0.3, 0.4) is 0 Å². The average Bonchev–Trinajstić information content (AvgIpc) is 3.67. The van der Waals surface area contributed by atoms with Crippen molar-refractivity contribution in [3.63, 3.8) is 0 Å². The Morgan fingerprint density at radius 3 is 1.81 bits per heavy atom. The molecule has 0 fully saturated rings. The molecule has 10 rings (SSSR count). The number of anilines is 3. The summed E-state index contributed by atoms with van der Waals surface area (Å²) in [6.45, 7) is 0. The van der Waals surface area contributed by atoms with Gasteiger partial charge in [0.2, 0.25) is 5.89 Å². The highest BCUT2D eigenvalue weighted by Gasteiger charge is 2.20. The van der Waals surface area contributed by atoms with Gasteiger partial charge >= 0.3 is 0 Å². The first-order chi connectivity index (χ1) is 25.8. The lowest BCUT2D eigenvalue weighted by Crippen LogP contribution is -2.11. The maximum absolute atomic E-state index is 6.51. The first-order valence-electron chi connectivity index (χ1n) is 17.6. The van der Waals surface area contributed by atoms with E-state index in [1.165, 1.54) is 32.7 Å². The SMILES string of the molecule is c1ccc(-c2nc3ccc4ccc(N(c5ccc(-c6cc7ccccc7c7ccccc67)cc5)c5ccccc5-c5ccccc5)cc4c3o2)cc1. The van der Waals surface area contributed by atoms with Crippen molar-refractivity contribution in [1.29, 1.82) is 0 Å². The number of fused-ring (bicyclic) bond motifs is 6. The van der Waals surface area contributed by atoms with Gasteiger partial charge in [-0.2, -0.15) is 0 Å². The van der Waals surface area contributed by atoms with Gasteiger partial charge in [0.05, 0.1) is 5.69 Å². The van der Waals surface area contributed by atoms with Gasteiger partial charge < -0.3 is 9.32 Å². The second kappa shape index (κ2) is 12.4. The van der Waals surface area contributed by atoms with Crippen LogP contribution in [-0.2, 0) is 0 Å². The van der Waals surface area contributed by atoms with Gasteiger partial charge in [-0.1, -0.05) is 140 Å². The summed E-state index contributed by atoms with van der Waals surface area (Å²) < 4.78 is 6.51. The molecule has 9 aromatic carbocycles. The molecule has 0 aliphatic rings. The summed E-state index contributed by atoms with van der Waals surface area (Å²) in [5.74, 6) is 0.622. The molecule has 0 unspecified atom stereocenters. The average molecular weight is 665 g/mol. The molecule has 1 heterocycles. The molecule has 52 heavy (non-hydrogen) atoms. The van der Waals surface area contributed by atoms with E-state index >= 15 is 0 Å². The number of aromatic nitrogens is 1. The third-order valence-electron chi connectivity index (χ3n) is 10.1. The van der Waals surface area contributed by atoms with Crippen LogP contribution in [0.15, 0.2) is 199 Å². The van der Waals surface area contributed by atoms with Gasteiger partial charge in [-0.25, -0.2) is 4.98 Å². The van der Waals surface area contributed by atoms with Crippen molar-refractivity contribution in [3.05, 3.63) is 194 Å². The topological polar surface area (TPSA) is 29.3 Å². The minimum Gasteiger partial charge on any atom is -0.435 e. The predicted molar refractivity (Wildman–Crippen MR) is 218 cm³/mol. The summed E-state index contributed by atoms with van der Waals surface area (Å²) >= 11 is 0. The van der Waals surface area contributed by atoms with Gasteiger partial charge in [0.1, 0.15) is 5.52 Å². The molecule has 0 radical (unpaired) electrons. The Labute approximate surface area is 301 Å². The zero-order chi connectivity index (χ0) is 34.4. The fourth-order valence-electron chi connectivity index (χ4n) is 7.58. The molecular weight excluding hydrogens is 633 g/mol. The molecule has 0 spiro atoms. The van der Waals surface area contributed by atoms with Crippen LogP contribution in [0.2, 0.25) is 0 Å². The number of oxazole rings is 1. The predicted octanol–water partition coefficient (Wildman–Crippen LogP) is 13.8. The molecule has 0 atom stereocenters. The van der Waals surface area contributed by atoms with Gasteiger partial charge in [-0.05, 0) is 98.2 Å². The Morgan fingerprint density at radius 1 is 0.385 bits per heavy atom. The van der Waals surface area contributed by atoms with Gasteiger partial charge in [0, 0.05) is 27.9 Å². The Bertz CT molecular complexity index is 2890. The molecule has 0 saturated heterocycles. The van der Waals surface area contributed by atoms with Crippen molar-refractivity contribution in [2.24, 2.45) is 0 Å². The van der Waals surface area contributed by atoms with E-state index in [0.29, 0.717) is 5.89 Å². The standard InChI is InChI=1S/C49H32N2O/c1-3-13-33(14-4-1)41-19-11-12-22-47(41)51(39-29-25-35-26-30-46-48(45(35)32-39)52-49(50-46)36-15-5-2-6-16-36)38-27-23-34(24-28-38)44-31-37-17-7-8-18-40(37)42-20-9-10-21-43(42)44/h1-32H. The van der Waals surface area contributed by atoms with Gasteiger partial charge in [-0.15, -0.1) is 0 Å². The number of hydrogen-bond acceptors (Lipinski definition) is 3. The Balaban J connectivity index is 1.16. The highest BCUT2D eigenvalue weighted by Crippen LogP contribution is 2.44. The van der Waals surface area contributed by atoms with Gasteiger partial charge in [0.15, 0.2) is 5.58 Å². The van der Waals surface area contributed by atoms with Crippen molar-refractivity contribution in [2.75, 3.05) is 4.90 Å². The van der Waals surface area contributed by atoms with Crippen LogP contribution in [0.5, 0.6) is 0 Å². The summed E-state index contributed by atoms with van der Waals surface area (Å²) in [5.41, 5.74) is 10.5. The second-order valence-electron chi connectivity index (χ2n) is 13.2. The Kier molecular flexibility index (Phi) is 7.14. The molecule has 1 aromatic heterocycles. The maximum Gasteiger partial charge on any atom is 0.227 e. The van der Waals surface area contributed by atoms with Crippen LogP contribution in [0.1, 0.15) is 0 Å². The lowest BCUT2D eigenvalue weighted by atomic mass is 9.93. The smallest absolute Gasteiger partial charge is 0.227 e. The third kappa shape index (κ3) is 5.10. The lowest BCUT2D eigenvalue weighted by Gasteiger charge is -2.28. The minimum absolute atomic E-state index is 0.622. The van der Waals surface area contributed by atoms with Crippen LogP contribution < -0.4 is 4.90 Å². The molecule has 244 valence electrons. The van der Waals surface area contributed by atoms with Crippen molar-refractivity contribution in [3.8, 4) is 33.7 Å². The lowest BCUT2D eigenvalue weighted by molar-refractivity contribution is 0.623. The molecule has 0 bridgehead atoms. The quantitative estimate of drug-likeness (QED) is 0.166. The molecule has 0 saturated carbocycles. The normalized spacial score (nSPS) is 11.5. The van der Waals surface area contributed by atoms with E-state index in [1.807, 2.05) is 36.4 Å². The van der Waals surface area contributed by atoms with E-state index in [0.717, 1.165) is 55.6 Å². The highest BCUT2D eigenvalue weighted by molar-refractivity contribution is 6.14. The molecule has 3 nitrogen and oxygen atoms in total. The van der Waals surface area contributed by atoms with E-state index in [1.54, 1.807) is 0 Å². The largest absolute Gasteiger partial charge is 0.435 e. The number of hydrogen-bond donors (Lipinski definition) is 0.